The van der Waals surface area contributed by atoms with Crippen molar-refractivity contribution >= 4 is 5.78 Å². The van der Waals surface area contributed by atoms with Gasteiger partial charge >= 0.3 is 0 Å². The highest BCUT2D eigenvalue weighted by molar-refractivity contribution is 5.83. The summed E-state index contributed by atoms with van der Waals surface area (Å²) < 4.78 is 12.6. The number of halogens is 1. The van der Waals surface area contributed by atoms with Gasteiger partial charge in [-0.2, -0.15) is 0 Å². The van der Waals surface area contributed by atoms with E-state index in [-0.39, 0.29) is 17.5 Å². The van der Waals surface area contributed by atoms with Crippen molar-refractivity contribution in [3.63, 3.8) is 0 Å². The number of Topliss-reactive ketones (excluding diaryl/α,β-unsaturated/α-hetero) is 1. The number of likely N-dealkylation sites (N-methyl/N-ethyl adjacent to an activating group) is 1. The first-order valence-electron chi connectivity index (χ1n) is 4.55. The van der Waals surface area contributed by atoms with Crippen LogP contribution < -0.4 is 5.32 Å². The van der Waals surface area contributed by atoms with Gasteiger partial charge in [0, 0.05) is 6.54 Å². The van der Waals surface area contributed by atoms with Crippen LogP contribution in [0.4, 0.5) is 4.39 Å². The Morgan fingerprint density at radius 2 is 2.00 bits per heavy atom. The van der Waals surface area contributed by atoms with E-state index in [1.165, 1.54) is 12.1 Å². The van der Waals surface area contributed by atoms with Gasteiger partial charge in [0.05, 0.1) is 5.92 Å². The summed E-state index contributed by atoms with van der Waals surface area (Å²) in [6.07, 6.45) is 0. The Morgan fingerprint density at radius 1 is 1.43 bits per heavy atom. The lowest BCUT2D eigenvalue weighted by Gasteiger charge is -2.13. The molecule has 14 heavy (non-hydrogen) atoms. The van der Waals surface area contributed by atoms with E-state index in [1.807, 2.05) is 0 Å². The predicted molar refractivity (Wildman–Crippen MR) is 53.7 cm³/mol. The number of benzene rings is 1. The molecule has 1 aromatic carbocycles. The molecule has 0 heterocycles. The van der Waals surface area contributed by atoms with E-state index < -0.39 is 0 Å². The summed E-state index contributed by atoms with van der Waals surface area (Å²) >= 11 is 0. The molecule has 0 saturated carbocycles. The fraction of sp³-hybridized carbons (Fsp3) is 0.364. The summed E-state index contributed by atoms with van der Waals surface area (Å²) in [5, 5.41) is 2.95. The summed E-state index contributed by atoms with van der Waals surface area (Å²) in [5.74, 6) is -0.368. The SMILES string of the molecule is CNCC(C(C)=O)c1ccc(F)cc1. The van der Waals surface area contributed by atoms with Crippen LogP contribution in [0.3, 0.4) is 0 Å². The highest BCUT2D eigenvalue weighted by Gasteiger charge is 2.15. The van der Waals surface area contributed by atoms with Crippen LogP contribution in [0, 0.1) is 5.82 Å². The van der Waals surface area contributed by atoms with E-state index in [1.54, 1.807) is 26.1 Å². The molecule has 1 atom stereocenters. The molecule has 0 spiro atoms. The molecule has 0 fully saturated rings. The van der Waals surface area contributed by atoms with E-state index in [9.17, 15) is 9.18 Å². The molecule has 0 amide bonds. The smallest absolute Gasteiger partial charge is 0.138 e. The molecule has 0 aliphatic carbocycles. The molecule has 1 N–H and O–H groups in total. The number of ketones is 1. The highest BCUT2D eigenvalue weighted by atomic mass is 19.1. The molecule has 0 aliphatic rings. The fourth-order valence-corrected chi connectivity index (χ4v) is 1.40. The topological polar surface area (TPSA) is 29.1 Å². The number of hydrogen-bond acceptors (Lipinski definition) is 2. The number of rotatable bonds is 4. The molecule has 76 valence electrons. The lowest BCUT2D eigenvalue weighted by atomic mass is 9.95. The molecule has 0 radical (unpaired) electrons. The Labute approximate surface area is 83.1 Å². The third kappa shape index (κ3) is 2.64. The number of hydrogen-bond donors (Lipinski definition) is 1. The quantitative estimate of drug-likeness (QED) is 0.792. The minimum atomic E-state index is -0.277. The molecule has 1 rings (SSSR count). The van der Waals surface area contributed by atoms with Crippen LogP contribution in [0.1, 0.15) is 18.4 Å². The van der Waals surface area contributed by atoms with Crippen LogP contribution in [0.5, 0.6) is 0 Å². The number of carbonyl (C=O) groups excluding carboxylic acids is 1. The van der Waals surface area contributed by atoms with Crippen LogP contribution in [0.2, 0.25) is 0 Å². The van der Waals surface area contributed by atoms with Crippen molar-refractivity contribution in [1.82, 2.24) is 5.32 Å². The molecule has 0 saturated heterocycles. The average Bonchev–Trinajstić information content (AvgIpc) is 2.15. The molecule has 2 nitrogen and oxygen atoms in total. The summed E-state index contributed by atoms with van der Waals surface area (Å²) in [5.41, 5.74) is 0.855. The Kier molecular flexibility index (Phi) is 3.77. The minimum absolute atomic E-state index is 0.0889. The average molecular weight is 195 g/mol. The maximum Gasteiger partial charge on any atom is 0.138 e. The van der Waals surface area contributed by atoms with Gasteiger partial charge in [-0.1, -0.05) is 12.1 Å². The Morgan fingerprint density at radius 3 is 2.43 bits per heavy atom. The first-order valence-corrected chi connectivity index (χ1v) is 4.55. The fourth-order valence-electron chi connectivity index (χ4n) is 1.40. The standard InChI is InChI=1S/C11H14FNO/c1-8(14)11(7-13-2)9-3-5-10(12)6-4-9/h3-6,11,13H,7H2,1-2H3. The molecular weight excluding hydrogens is 181 g/mol. The molecule has 0 aliphatic heterocycles. The summed E-state index contributed by atoms with van der Waals surface area (Å²) in [6.45, 7) is 2.13. The maximum atomic E-state index is 12.6. The zero-order valence-electron chi connectivity index (χ0n) is 8.38. The Balaban J connectivity index is 2.87. The van der Waals surface area contributed by atoms with E-state index >= 15 is 0 Å². The van der Waals surface area contributed by atoms with Crippen molar-refractivity contribution in [2.75, 3.05) is 13.6 Å². The van der Waals surface area contributed by atoms with Crippen molar-refractivity contribution < 1.29 is 9.18 Å². The van der Waals surface area contributed by atoms with Crippen molar-refractivity contribution in [3.05, 3.63) is 35.6 Å². The van der Waals surface area contributed by atoms with E-state index in [0.29, 0.717) is 6.54 Å². The Bertz CT molecular complexity index is 308. The van der Waals surface area contributed by atoms with Gasteiger partial charge in [-0.15, -0.1) is 0 Å². The van der Waals surface area contributed by atoms with Gasteiger partial charge in [-0.05, 0) is 31.7 Å². The van der Waals surface area contributed by atoms with E-state index in [4.69, 9.17) is 0 Å². The van der Waals surface area contributed by atoms with Gasteiger partial charge in [-0.25, -0.2) is 4.39 Å². The summed E-state index contributed by atoms with van der Waals surface area (Å²) in [6, 6.07) is 6.05. The van der Waals surface area contributed by atoms with Crippen molar-refractivity contribution in [2.45, 2.75) is 12.8 Å². The highest BCUT2D eigenvalue weighted by Crippen LogP contribution is 2.16. The number of carbonyl (C=O) groups is 1. The second-order valence-electron chi connectivity index (χ2n) is 3.27. The van der Waals surface area contributed by atoms with Gasteiger partial charge in [-0.3, -0.25) is 4.79 Å². The molecule has 1 aromatic rings. The lowest BCUT2D eigenvalue weighted by molar-refractivity contribution is -0.118. The zero-order chi connectivity index (χ0) is 10.6. The second kappa shape index (κ2) is 4.86. The van der Waals surface area contributed by atoms with Crippen molar-refractivity contribution in [1.29, 1.82) is 0 Å². The molecule has 3 heteroatoms. The maximum absolute atomic E-state index is 12.6. The minimum Gasteiger partial charge on any atom is -0.319 e. The van der Waals surface area contributed by atoms with Crippen LogP contribution >= 0.6 is 0 Å². The van der Waals surface area contributed by atoms with Gasteiger partial charge < -0.3 is 5.32 Å². The van der Waals surface area contributed by atoms with Crippen molar-refractivity contribution in [3.8, 4) is 0 Å². The molecular formula is C11H14FNO. The predicted octanol–water partition coefficient (Wildman–Crippen LogP) is 1.72. The summed E-state index contributed by atoms with van der Waals surface area (Å²) in [7, 11) is 1.79. The van der Waals surface area contributed by atoms with Crippen molar-refractivity contribution in [2.24, 2.45) is 0 Å². The third-order valence-electron chi connectivity index (χ3n) is 2.17. The van der Waals surface area contributed by atoms with E-state index in [0.717, 1.165) is 5.56 Å². The molecule has 1 unspecified atom stereocenters. The van der Waals surface area contributed by atoms with Gasteiger partial charge in [0.1, 0.15) is 11.6 Å². The van der Waals surface area contributed by atoms with Gasteiger partial charge in [0.25, 0.3) is 0 Å². The molecule has 0 bridgehead atoms. The third-order valence-corrected chi connectivity index (χ3v) is 2.17. The second-order valence-corrected chi connectivity index (χ2v) is 3.27. The normalized spacial score (nSPS) is 12.5. The van der Waals surface area contributed by atoms with Crippen LogP contribution in [0.15, 0.2) is 24.3 Å². The first-order chi connectivity index (χ1) is 6.65. The first kappa shape index (κ1) is 10.9. The largest absolute Gasteiger partial charge is 0.319 e. The van der Waals surface area contributed by atoms with E-state index in [2.05, 4.69) is 5.32 Å². The lowest BCUT2D eigenvalue weighted by Crippen LogP contribution is -2.22. The monoisotopic (exact) mass is 195 g/mol. The van der Waals surface area contributed by atoms with Crippen LogP contribution in [-0.4, -0.2) is 19.4 Å². The van der Waals surface area contributed by atoms with Crippen LogP contribution in [0.25, 0.3) is 0 Å². The molecule has 0 aromatic heterocycles. The number of nitrogens with one attached hydrogen (secondary N) is 1. The zero-order valence-corrected chi connectivity index (χ0v) is 8.38. The Hall–Kier alpha value is -1.22. The van der Waals surface area contributed by atoms with Crippen LogP contribution in [-0.2, 0) is 4.79 Å². The van der Waals surface area contributed by atoms with Gasteiger partial charge in [0.15, 0.2) is 0 Å². The van der Waals surface area contributed by atoms with Gasteiger partial charge in [0.2, 0.25) is 0 Å². The summed E-state index contributed by atoms with van der Waals surface area (Å²) in [4.78, 5) is 11.3.